The fourth-order valence-electron chi connectivity index (χ4n) is 2.46. The molecule has 0 aliphatic rings. The van der Waals surface area contributed by atoms with Gasteiger partial charge in [0.2, 0.25) is 0 Å². The van der Waals surface area contributed by atoms with Crippen LogP contribution < -0.4 is 17.0 Å². The van der Waals surface area contributed by atoms with Crippen LogP contribution in [0.2, 0.25) is 0 Å². The Morgan fingerprint density at radius 3 is 2.48 bits per heavy atom. The number of nitrogens with two attached hydrogens (primary N) is 2. The van der Waals surface area contributed by atoms with E-state index < -0.39 is 0 Å². The number of aromatic nitrogens is 1. The topological polar surface area (TPSA) is 77.0 Å². The Kier molecular flexibility index (Phi) is 4.55. The lowest BCUT2D eigenvalue weighted by Gasteiger charge is -2.34. The Morgan fingerprint density at radius 2 is 1.90 bits per heavy atom. The average molecular weight is 288 g/mol. The third kappa shape index (κ3) is 3.56. The first-order valence-electron chi connectivity index (χ1n) is 6.86. The van der Waals surface area contributed by atoms with E-state index in [1.54, 1.807) is 18.3 Å². The summed E-state index contributed by atoms with van der Waals surface area (Å²) in [7, 11) is 0. The van der Waals surface area contributed by atoms with Gasteiger partial charge in [0.1, 0.15) is 11.6 Å². The van der Waals surface area contributed by atoms with Gasteiger partial charge in [-0.15, -0.1) is 0 Å². The van der Waals surface area contributed by atoms with E-state index in [0.29, 0.717) is 12.2 Å². The molecule has 21 heavy (non-hydrogen) atoms. The van der Waals surface area contributed by atoms with Crippen molar-refractivity contribution in [1.29, 1.82) is 0 Å². The monoisotopic (exact) mass is 288 g/mol. The van der Waals surface area contributed by atoms with Crippen molar-refractivity contribution in [2.24, 2.45) is 5.84 Å². The second kappa shape index (κ2) is 6.20. The van der Waals surface area contributed by atoms with Gasteiger partial charge in [-0.05, 0) is 41.8 Å². The van der Waals surface area contributed by atoms with Crippen LogP contribution in [0.3, 0.4) is 0 Å². The van der Waals surface area contributed by atoms with Crippen molar-refractivity contribution in [2.75, 3.05) is 5.73 Å². The number of hydrogen-bond donors (Lipinski definition) is 3. The molecular weight excluding hydrogens is 267 g/mol. The van der Waals surface area contributed by atoms with E-state index in [-0.39, 0.29) is 17.3 Å². The summed E-state index contributed by atoms with van der Waals surface area (Å²) in [5, 5.41) is 0. The van der Waals surface area contributed by atoms with Crippen LogP contribution in [-0.2, 0) is 11.8 Å². The zero-order valence-corrected chi connectivity index (χ0v) is 12.3. The van der Waals surface area contributed by atoms with Gasteiger partial charge in [-0.25, -0.2) is 9.37 Å². The smallest absolute Gasteiger partial charge is 0.123 e. The lowest BCUT2D eigenvalue weighted by molar-refractivity contribution is 0.341. The van der Waals surface area contributed by atoms with Crippen LogP contribution >= 0.6 is 0 Å². The molecule has 5 heteroatoms. The van der Waals surface area contributed by atoms with Gasteiger partial charge in [-0.3, -0.25) is 11.3 Å². The Morgan fingerprint density at radius 1 is 1.24 bits per heavy atom. The van der Waals surface area contributed by atoms with Gasteiger partial charge in [0, 0.05) is 17.7 Å². The first-order valence-corrected chi connectivity index (χ1v) is 6.86. The lowest BCUT2D eigenvalue weighted by Crippen LogP contribution is -2.49. The number of pyridine rings is 1. The number of nitrogens with zero attached hydrogens (tertiary/aromatic N) is 1. The first kappa shape index (κ1) is 15.4. The summed E-state index contributed by atoms with van der Waals surface area (Å²) in [4.78, 5) is 3.99. The van der Waals surface area contributed by atoms with Crippen molar-refractivity contribution in [3.63, 3.8) is 0 Å². The molecule has 0 saturated carbocycles. The molecule has 1 heterocycles. The number of anilines is 1. The fourth-order valence-corrected chi connectivity index (χ4v) is 2.46. The molecule has 112 valence electrons. The normalized spacial score (nSPS) is 13.1. The van der Waals surface area contributed by atoms with E-state index in [9.17, 15) is 4.39 Å². The molecule has 0 radical (unpaired) electrons. The van der Waals surface area contributed by atoms with Crippen molar-refractivity contribution in [2.45, 2.75) is 31.7 Å². The Bertz CT molecular complexity index is 595. The van der Waals surface area contributed by atoms with Crippen molar-refractivity contribution >= 4 is 5.82 Å². The van der Waals surface area contributed by atoms with Gasteiger partial charge in [0.15, 0.2) is 0 Å². The molecule has 0 amide bonds. The van der Waals surface area contributed by atoms with Crippen LogP contribution in [0, 0.1) is 5.82 Å². The van der Waals surface area contributed by atoms with Gasteiger partial charge >= 0.3 is 0 Å². The van der Waals surface area contributed by atoms with Crippen LogP contribution in [0.25, 0.3) is 0 Å². The molecule has 0 aliphatic carbocycles. The molecule has 2 rings (SSSR count). The van der Waals surface area contributed by atoms with E-state index in [0.717, 1.165) is 11.1 Å². The summed E-state index contributed by atoms with van der Waals surface area (Å²) in [6.07, 6.45) is 2.39. The standard InChI is InChI=1S/C16H21FN4/c1-16(2,12-3-5-13(17)6-4-12)14(21-19)9-11-7-8-20-15(18)10-11/h3-8,10,14,21H,9,19H2,1-2H3,(H2,18,20). The third-order valence-corrected chi connectivity index (χ3v) is 3.95. The number of rotatable bonds is 5. The number of hydrazine groups is 1. The van der Waals surface area contributed by atoms with Crippen LogP contribution in [-0.4, -0.2) is 11.0 Å². The van der Waals surface area contributed by atoms with Crippen molar-refractivity contribution in [1.82, 2.24) is 10.4 Å². The van der Waals surface area contributed by atoms with Gasteiger partial charge in [-0.1, -0.05) is 26.0 Å². The summed E-state index contributed by atoms with van der Waals surface area (Å²) in [6, 6.07) is 10.3. The summed E-state index contributed by atoms with van der Waals surface area (Å²) >= 11 is 0. The summed E-state index contributed by atoms with van der Waals surface area (Å²) in [5.41, 5.74) is 10.4. The van der Waals surface area contributed by atoms with Crippen LogP contribution in [0.4, 0.5) is 10.2 Å². The molecule has 2 aromatic rings. The van der Waals surface area contributed by atoms with Crippen molar-refractivity contribution in [3.05, 3.63) is 59.5 Å². The van der Waals surface area contributed by atoms with E-state index in [2.05, 4.69) is 24.3 Å². The molecule has 0 bridgehead atoms. The molecule has 1 unspecified atom stereocenters. The van der Waals surface area contributed by atoms with E-state index in [1.807, 2.05) is 12.1 Å². The molecule has 0 fully saturated rings. The highest BCUT2D eigenvalue weighted by Gasteiger charge is 2.30. The lowest BCUT2D eigenvalue weighted by atomic mass is 9.76. The number of halogens is 1. The van der Waals surface area contributed by atoms with Gasteiger partial charge in [-0.2, -0.15) is 0 Å². The zero-order chi connectivity index (χ0) is 15.5. The second-order valence-electron chi connectivity index (χ2n) is 5.74. The minimum atomic E-state index is -0.263. The molecule has 0 spiro atoms. The van der Waals surface area contributed by atoms with Crippen LogP contribution in [0.1, 0.15) is 25.0 Å². The summed E-state index contributed by atoms with van der Waals surface area (Å²) < 4.78 is 13.1. The maximum absolute atomic E-state index is 13.1. The molecule has 1 aromatic heterocycles. The molecular formula is C16H21FN4. The second-order valence-corrected chi connectivity index (χ2v) is 5.74. The SMILES string of the molecule is CC(C)(c1ccc(F)cc1)C(Cc1ccnc(N)c1)NN. The third-order valence-electron chi connectivity index (χ3n) is 3.95. The Balaban J connectivity index is 2.24. The number of nitrogen functional groups attached to an aromatic ring is 1. The Hall–Kier alpha value is -1.98. The van der Waals surface area contributed by atoms with Crippen LogP contribution in [0.5, 0.6) is 0 Å². The predicted molar refractivity (Wildman–Crippen MR) is 82.9 cm³/mol. The quantitative estimate of drug-likeness (QED) is 0.582. The molecule has 4 nitrogen and oxygen atoms in total. The molecule has 5 N–H and O–H groups in total. The largest absolute Gasteiger partial charge is 0.384 e. The minimum absolute atomic E-state index is 0.0234. The molecule has 0 saturated heterocycles. The zero-order valence-electron chi connectivity index (χ0n) is 12.3. The molecule has 0 aliphatic heterocycles. The Labute approximate surface area is 124 Å². The van der Waals surface area contributed by atoms with E-state index >= 15 is 0 Å². The van der Waals surface area contributed by atoms with Crippen molar-refractivity contribution < 1.29 is 4.39 Å². The van der Waals surface area contributed by atoms with Gasteiger partial charge in [0.25, 0.3) is 0 Å². The number of hydrogen-bond acceptors (Lipinski definition) is 4. The van der Waals surface area contributed by atoms with Crippen molar-refractivity contribution in [3.8, 4) is 0 Å². The maximum Gasteiger partial charge on any atom is 0.123 e. The highest BCUT2D eigenvalue weighted by molar-refractivity contribution is 5.34. The van der Waals surface area contributed by atoms with Gasteiger partial charge in [0.05, 0.1) is 0 Å². The van der Waals surface area contributed by atoms with E-state index in [1.165, 1.54) is 12.1 Å². The number of nitrogens with one attached hydrogen (secondary N) is 1. The average Bonchev–Trinajstić information content (AvgIpc) is 2.45. The predicted octanol–water partition coefficient (Wildman–Crippen LogP) is 2.16. The molecule has 1 atom stereocenters. The molecule has 1 aromatic carbocycles. The highest BCUT2D eigenvalue weighted by Crippen LogP contribution is 2.29. The summed E-state index contributed by atoms with van der Waals surface area (Å²) in [6.45, 7) is 4.16. The first-order chi connectivity index (χ1) is 9.93. The fraction of sp³-hybridized carbons (Fsp3) is 0.312. The highest BCUT2D eigenvalue weighted by atomic mass is 19.1. The minimum Gasteiger partial charge on any atom is -0.384 e. The summed E-state index contributed by atoms with van der Waals surface area (Å²) in [5.74, 6) is 5.99. The maximum atomic E-state index is 13.1. The van der Waals surface area contributed by atoms with E-state index in [4.69, 9.17) is 11.6 Å². The van der Waals surface area contributed by atoms with Crippen LogP contribution in [0.15, 0.2) is 42.6 Å². The van der Waals surface area contributed by atoms with Gasteiger partial charge < -0.3 is 5.73 Å². The number of benzene rings is 1.